The molecular weight excluding hydrogens is 374 g/mol. The number of hydrogen-bond acceptors (Lipinski definition) is 4. The monoisotopic (exact) mass is 419 g/mol. The summed E-state index contributed by atoms with van der Waals surface area (Å²) in [5, 5.41) is 0.537. The molecular formula is C20H45NO2SSi2. The standard InChI is InChI=1S/C20H45NO2SSi2/c1-19(2,3)25(7,8)22-15-17-11-12-18(21(17)13-14-24)16-23-26(9,10)20(4,5)6/h17-18,24H,11-16H2,1-10H3/t17-,18-/m1/s1. The molecule has 2 atom stereocenters. The number of rotatable bonds is 8. The lowest BCUT2D eigenvalue weighted by Gasteiger charge is -2.40. The molecule has 0 spiro atoms. The summed E-state index contributed by atoms with van der Waals surface area (Å²) in [5.74, 6) is 0.896. The molecule has 0 aromatic carbocycles. The highest BCUT2D eigenvalue weighted by Gasteiger charge is 2.42. The zero-order chi connectivity index (χ0) is 20.4. The predicted molar refractivity (Wildman–Crippen MR) is 124 cm³/mol. The van der Waals surface area contributed by atoms with Crippen molar-refractivity contribution in [3.05, 3.63) is 0 Å². The molecule has 1 saturated heterocycles. The lowest BCUT2D eigenvalue weighted by Crippen LogP contribution is -2.48. The van der Waals surface area contributed by atoms with Crippen LogP contribution in [0, 0.1) is 0 Å². The van der Waals surface area contributed by atoms with Gasteiger partial charge in [0.05, 0.1) is 0 Å². The maximum Gasteiger partial charge on any atom is 0.192 e. The molecule has 0 bridgehead atoms. The van der Waals surface area contributed by atoms with Crippen molar-refractivity contribution in [3.8, 4) is 0 Å². The van der Waals surface area contributed by atoms with E-state index in [1.54, 1.807) is 0 Å². The molecule has 0 saturated carbocycles. The highest BCUT2D eigenvalue weighted by Crippen LogP contribution is 2.39. The highest BCUT2D eigenvalue weighted by molar-refractivity contribution is 7.80. The minimum Gasteiger partial charge on any atom is -0.415 e. The van der Waals surface area contributed by atoms with E-state index in [-0.39, 0.29) is 10.1 Å². The summed E-state index contributed by atoms with van der Waals surface area (Å²) in [6, 6.07) is 1.04. The molecule has 26 heavy (non-hydrogen) atoms. The molecule has 156 valence electrons. The first-order valence-electron chi connectivity index (χ1n) is 10.3. The van der Waals surface area contributed by atoms with Crippen LogP contribution >= 0.6 is 12.6 Å². The molecule has 0 radical (unpaired) electrons. The summed E-state index contributed by atoms with van der Waals surface area (Å²) in [5.41, 5.74) is 0. The zero-order valence-corrected chi connectivity index (χ0v) is 22.0. The van der Waals surface area contributed by atoms with Gasteiger partial charge in [0, 0.05) is 37.6 Å². The van der Waals surface area contributed by atoms with Crippen LogP contribution in [-0.4, -0.2) is 59.1 Å². The van der Waals surface area contributed by atoms with E-state index in [0.717, 1.165) is 25.5 Å². The molecule has 0 aromatic heterocycles. The molecule has 0 aliphatic carbocycles. The second-order valence-corrected chi connectivity index (χ2v) is 21.1. The number of nitrogens with zero attached hydrogens (tertiary/aromatic N) is 1. The van der Waals surface area contributed by atoms with Crippen LogP contribution in [0.4, 0.5) is 0 Å². The largest absolute Gasteiger partial charge is 0.415 e. The van der Waals surface area contributed by atoms with Crippen molar-refractivity contribution in [2.75, 3.05) is 25.5 Å². The summed E-state index contributed by atoms with van der Waals surface area (Å²) in [6.45, 7) is 26.0. The Morgan fingerprint density at radius 3 is 1.42 bits per heavy atom. The van der Waals surface area contributed by atoms with Gasteiger partial charge in [0.15, 0.2) is 16.6 Å². The Labute approximate surface area is 171 Å². The maximum atomic E-state index is 6.54. The summed E-state index contributed by atoms with van der Waals surface area (Å²) >= 11 is 4.51. The van der Waals surface area contributed by atoms with Crippen molar-refractivity contribution < 1.29 is 8.85 Å². The SMILES string of the molecule is CC(C)(C)[Si](C)(C)OC[C@H]1CC[C@H](CO[Si](C)(C)C(C)(C)C)N1CCS. The van der Waals surface area contributed by atoms with Gasteiger partial charge in [0.2, 0.25) is 0 Å². The van der Waals surface area contributed by atoms with Crippen LogP contribution in [0.25, 0.3) is 0 Å². The second kappa shape index (κ2) is 8.99. The van der Waals surface area contributed by atoms with Crippen LogP contribution in [-0.2, 0) is 8.85 Å². The van der Waals surface area contributed by atoms with Crippen molar-refractivity contribution in [3.63, 3.8) is 0 Å². The first-order valence-corrected chi connectivity index (χ1v) is 16.7. The van der Waals surface area contributed by atoms with Gasteiger partial charge in [0.1, 0.15) is 0 Å². The summed E-state index contributed by atoms with van der Waals surface area (Å²) < 4.78 is 13.1. The van der Waals surface area contributed by atoms with Gasteiger partial charge in [-0.15, -0.1) is 0 Å². The third-order valence-electron chi connectivity index (χ3n) is 7.01. The Morgan fingerprint density at radius 2 is 1.15 bits per heavy atom. The minimum absolute atomic E-state index is 0.269. The van der Waals surface area contributed by atoms with Gasteiger partial charge < -0.3 is 8.85 Å². The normalized spacial score (nSPS) is 23.7. The summed E-state index contributed by atoms with van der Waals surface area (Å²) in [4.78, 5) is 2.62. The van der Waals surface area contributed by atoms with E-state index < -0.39 is 16.6 Å². The van der Waals surface area contributed by atoms with E-state index in [4.69, 9.17) is 8.85 Å². The Balaban J connectivity index is 2.69. The third-order valence-corrected chi connectivity index (χ3v) is 16.2. The maximum absolute atomic E-state index is 6.54. The summed E-state index contributed by atoms with van der Waals surface area (Å²) in [7, 11) is -3.38. The van der Waals surface area contributed by atoms with Crippen LogP contribution in [0.3, 0.4) is 0 Å². The molecule has 0 unspecified atom stereocenters. The molecule has 1 aliphatic rings. The highest BCUT2D eigenvalue weighted by atomic mass is 32.1. The number of hydrogen-bond donors (Lipinski definition) is 1. The van der Waals surface area contributed by atoms with E-state index in [1.165, 1.54) is 12.8 Å². The topological polar surface area (TPSA) is 21.7 Å². The average Bonchev–Trinajstić information content (AvgIpc) is 2.83. The van der Waals surface area contributed by atoms with Gasteiger partial charge in [-0.05, 0) is 49.1 Å². The van der Waals surface area contributed by atoms with Gasteiger partial charge in [-0.3, -0.25) is 4.90 Å². The Hall–Kier alpha value is 0.664. The second-order valence-electron chi connectivity index (χ2n) is 11.0. The average molecular weight is 420 g/mol. The first kappa shape index (κ1) is 24.7. The molecule has 3 nitrogen and oxygen atoms in total. The van der Waals surface area contributed by atoms with Crippen molar-refractivity contribution in [2.24, 2.45) is 0 Å². The Kier molecular flexibility index (Phi) is 8.54. The van der Waals surface area contributed by atoms with E-state index in [2.05, 4.69) is 85.3 Å². The van der Waals surface area contributed by atoms with Gasteiger partial charge in [-0.2, -0.15) is 12.6 Å². The zero-order valence-electron chi connectivity index (χ0n) is 19.1. The van der Waals surface area contributed by atoms with E-state index in [1.807, 2.05) is 0 Å². The van der Waals surface area contributed by atoms with Crippen molar-refractivity contribution in [1.82, 2.24) is 4.90 Å². The van der Waals surface area contributed by atoms with Crippen molar-refractivity contribution in [2.45, 2.75) is 103 Å². The third kappa shape index (κ3) is 6.34. The van der Waals surface area contributed by atoms with Gasteiger partial charge in [-0.25, -0.2) is 0 Å². The molecule has 6 heteroatoms. The van der Waals surface area contributed by atoms with E-state index in [9.17, 15) is 0 Å². The minimum atomic E-state index is -1.69. The molecule has 1 rings (SSSR count). The number of thiol groups is 1. The van der Waals surface area contributed by atoms with Gasteiger partial charge in [0.25, 0.3) is 0 Å². The van der Waals surface area contributed by atoms with E-state index >= 15 is 0 Å². The Morgan fingerprint density at radius 1 is 0.808 bits per heavy atom. The van der Waals surface area contributed by atoms with Crippen LogP contribution in [0.15, 0.2) is 0 Å². The molecule has 0 aromatic rings. The van der Waals surface area contributed by atoms with Crippen LogP contribution in [0.1, 0.15) is 54.4 Å². The van der Waals surface area contributed by atoms with Crippen molar-refractivity contribution in [1.29, 1.82) is 0 Å². The predicted octanol–water partition coefficient (Wildman–Crippen LogP) is 5.79. The quantitative estimate of drug-likeness (QED) is 0.397. The molecule has 0 amide bonds. The Bertz CT molecular complexity index is 406. The molecule has 1 heterocycles. The van der Waals surface area contributed by atoms with Gasteiger partial charge in [-0.1, -0.05) is 41.5 Å². The van der Waals surface area contributed by atoms with E-state index in [0.29, 0.717) is 12.1 Å². The smallest absolute Gasteiger partial charge is 0.192 e. The molecule has 1 aliphatic heterocycles. The van der Waals surface area contributed by atoms with Crippen LogP contribution < -0.4 is 0 Å². The lowest BCUT2D eigenvalue weighted by atomic mass is 10.2. The van der Waals surface area contributed by atoms with Crippen LogP contribution in [0.5, 0.6) is 0 Å². The fourth-order valence-electron chi connectivity index (χ4n) is 2.90. The van der Waals surface area contributed by atoms with Gasteiger partial charge >= 0.3 is 0 Å². The molecule has 0 N–H and O–H groups in total. The fourth-order valence-corrected chi connectivity index (χ4v) is 5.21. The van der Waals surface area contributed by atoms with Crippen LogP contribution in [0.2, 0.25) is 36.3 Å². The molecule has 1 fully saturated rings. The fraction of sp³-hybridized carbons (Fsp3) is 1.00. The first-order chi connectivity index (χ1) is 11.6. The summed E-state index contributed by atoms with van der Waals surface area (Å²) in [6.07, 6.45) is 2.43. The number of likely N-dealkylation sites (tertiary alicyclic amines) is 1. The van der Waals surface area contributed by atoms with Crippen molar-refractivity contribution >= 4 is 29.3 Å². The lowest BCUT2D eigenvalue weighted by molar-refractivity contribution is 0.108.